The summed E-state index contributed by atoms with van der Waals surface area (Å²) in [5.74, 6) is -2.36. The molecule has 0 radical (unpaired) electrons. The first kappa shape index (κ1) is 28.0. The van der Waals surface area contributed by atoms with E-state index in [4.69, 9.17) is 16.6 Å². The number of aromatic nitrogens is 3. The van der Waals surface area contributed by atoms with Crippen LogP contribution in [0.1, 0.15) is 38.3 Å². The maximum Gasteiger partial charge on any atom is 0.355 e. The number of amides is 1. The van der Waals surface area contributed by atoms with Gasteiger partial charge < -0.3 is 14.7 Å². The van der Waals surface area contributed by atoms with Crippen LogP contribution in [0.3, 0.4) is 0 Å². The number of para-hydroxylation sites is 1. The van der Waals surface area contributed by atoms with Gasteiger partial charge in [-0.15, -0.1) is 0 Å². The molecule has 0 saturated carbocycles. The lowest BCUT2D eigenvalue weighted by molar-refractivity contribution is -0.126. The molecule has 5 rings (SSSR count). The third-order valence-corrected chi connectivity index (χ3v) is 8.10. The van der Waals surface area contributed by atoms with Crippen molar-refractivity contribution in [3.05, 3.63) is 63.6 Å². The van der Waals surface area contributed by atoms with Crippen molar-refractivity contribution in [1.82, 2.24) is 19.4 Å². The Morgan fingerprint density at radius 1 is 1.15 bits per heavy atom. The molecule has 40 heavy (non-hydrogen) atoms. The molecule has 2 saturated heterocycles. The summed E-state index contributed by atoms with van der Waals surface area (Å²) in [6.07, 6.45) is 2.35. The van der Waals surface area contributed by atoms with Gasteiger partial charge in [0, 0.05) is 38.6 Å². The van der Waals surface area contributed by atoms with Gasteiger partial charge in [0.05, 0.1) is 22.6 Å². The number of alkyl halides is 2. The van der Waals surface area contributed by atoms with Crippen LogP contribution in [0.2, 0.25) is 5.02 Å². The average molecular weight is 571 g/mol. The molecule has 0 unspecified atom stereocenters. The van der Waals surface area contributed by atoms with Gasteiger partial charge in [-0.05, 0) is 43.0 Å². The van der Waals surface area contributed by atoms with E-state index < -0.39 is 18.2 Å². The summed E-state index contributed by atoms with van der Waals surface area (Å²) in [4.78, 5) is 40.7. The molecule has 2 aliphatic rings. The van der Waals surface area contributed by atoms with Gasteiger partial charge in [0.2, 0.25) is 5.91 Å². The fourth-order valence-electron chi connectivity index (χ4n) is 5.76. The zero-order valence-electron chi connectivity index (χ0n) is 23.0. The number of pyridine rings is 1. The lowest BCUT2D eigenvalue weighted by atomic mass is 10.0. The molecule has 2 aromatic heterocycles. The molecule has 212 valence electrons. The molecule has 0 aliphatic carbocycles. The Morgan fingerprint density at radius 3 is 2.42 bits per heavy atom. The topological polar surface area (TPSA) is 74.6 Å². The number of aryl methyl sites for hydroxylation is 2. The van der Waals surface area contributed by atoms with Crippen LogP contribution in [0.4, 0.5) is 20.4 Å². The Morgan fingerprint density at radius 2 is 1.85 bits per heavy atom. The van der Waals surface area contributed by atoms with Gasteiger partial charge in [-0.25, -0.2) is 23.1 Å². The highest BCUT2D eigenvalue weighted by Crippen LogP contribution is 2.38. The van der Waals surface area contributed by atoms with E-state index in [2.05, 4.69) is 11.6 Å². The number of halogens is 3. The number of piperazine rings is 1. The molecular weight excluding hydrogens is 538 g/mol. The van der Waals surface area contributed by atoms with Crippen LogP contribution in [-0.2, 0) is 17.6 Å². The zero-order valence-corrected chi connectivity index (χ0v) is 23.7. The molecule has 0 spiro atoms. The highest BCUT2D eigenvalue weighted by molar-refractivity contribution is 6.33. The predicted octanol–water partition coefficient (Wildman–Crippen LogP) is 4.63. The molecule has 8 nitrogen and oxygen atoms in total. The number of carbonyl (C=O) groups excluding carboxylic acids is 1. The molecule has 11 heteroatoms. The Kier molecular flexibility index (Phi) is 7.56. The first-order chi connectivity index (χ1) is 19.1. The maximum absolute atomic E-state index is 14.2. The Labute approximate surface area is 236 Å². The van der Waals surface area contributed by atoms with Crippen molar-refractivity contribution in [3.8, 4) is 5.69 Å². The second-order valence-corrected chi connectivity index (χ2v) is 10.8. The number of anilines is 2. The van der Waals surface area contributed by atoms with E-state index in [1.807, 2.05) is 43.9 Å². The van der Waals surface area contributed by atoms with E-state index in [1.165, 1.54) is 15.5 Å². The minimum absolute atomic E-state index is 0.107. The second kappa shape index (κ2) is 10.8. The van der Waals surface area contributed by atoms with E-state index in [0.717, 1.165) is 11.1 Å². The largest absolute Gasteiger partial charge is 0.355 e. The van der Waals surface area contributed by atoms with Gasteiger partial charge in [0.25, 0.3) is 5.92 Å². The summed E-state index contributed by atoms with van der Waals surface area (Å²) >= 11 is 6.72. The number of fused-ring (bicyclic) bond motifs is 1. The smallest absolute Gasteiger partial charge is 0.350 e. The summed E-state index contributed by atoms with van der Waals surface area (Å²) < 4.78 is 29.9. The van der Waals surface area contributed by atoms with Crippen molar-refractivity contribution in [2.45, 2.75) is 52.0 Å². The van der Waals surface area contributed by atoms with Gasteiger partial charge >= 0.3 is 5.69 Å². The number of benzene rings is 1. The van der Waals surface area contributed by atoms with Crippen molar-refractivity contribution in [2.75, 3.05) is 42.5 Å². The molecule has 0 bridgehead atoms. The summed E-state index contributed by atoms with van der Waals surface area (Å²) in [7, 11) is 0. The van der Waals surface area contributed by atoms with Gasteiger partial charge in [0.15, 0.2) is 5.65 Å². The number of hydrogen-bond donors (Lipinski definition) is 0. The fraction of sp³-hybridized carbons (Fsp3) is 0.448. The monoisotopic (exact) mass is 570 g/mol. The second-order valence-electron chi connectivity index (χ2n) is 10.4. The van der Waals surface area contributed by atoms with Crippen LogP contribution in [0.15, 0.2) is 41.7 Å². The minimum Gasteiger partial charge on any atom is -0.350 e. The van der Waals surface area contributed by atoms with Crippen LogP contribution < -0.4 is 15.5 Å². The SMILES string of the molecule is C=CC(=O)N1CCN(c2nc(=O)n(-c3c(CC)cccc3CC)c3nc(N4CCC(F)(F)C4)c(Cl)cc23)[C@@H](C)C1. The van der Waals surface area contributed by atoms with Crippen LogP contribution in [-0.4, -0.2) is 70.0 Å². The Balaban J connectivity index is 1.75. The fourth-order valence-corrected chi connectivity index (χ4v) is 6.03. The van der Waals surface area contributed by atoms with E-state index in [1.54, 1.807) is 11.0 Å². The van der Waals surface area contributed by atoms with Crippen molar-refractivity contribution in [1.29, 1.82) is 0 Å². The average Bonchev–Trinajstić information content (AvgIpc) is 3.30. The van der Waals surface area contributed by atoms with Crippen molar-refractivity contribution in [2.24, 2.45) is 0 Å². The zero-order chi connectivity index (χ0) is 28.8. The highest BCUT2D eigenvalue weighted by Gasteiger charge is 2.40. The molecular formula is C29H33ClF2N6O2. The molecule has 2 aliphatic heterocycles. The van der Waals surface area contributed by atoms with Crippen LogP contribution in [0, 0.1) is 0 Å². The third-order valence-electron chi connectivity index (χ3n) is 7.83. The predicted molar refractivity (Wildman–Crippen MR) is 154 cm³/mol. The van der Waals surface area contributed by atoms with E-state index in [-0.39, 0.29) is 35.8 Å². The van der Waals surface area contributed by atoms with E-state index in [9.17, 15) is 18.4 Å². The molecule has 0 N–H and O–H groups in total. The summed E-state index contributed by atoms with van der Waals surface area (Å²) in [6, 6.07) is 7.42. The number of hydrogen-bond acceptors (Lipinski definition) is 6. The first-order valence-electron chi connectivity index (χ1n) is 13.6. The van der Waals surface area contributed by atoms with E-state index >= 15 is 0 Å². The molecule has 2 fully saturated rings. The minimum atomic E-state index is -2.84. The lowest BCUT2D eigenvalue weighted by Gasteiger charge is -2.40. The van der Waals surface area contributed by atoms with Gasteiger partial charge in [0.1, 0.15) is 11.6 Å². The standard InChI is InChI=1S/C29H33ClF2N6O2/c1-5-19-9-8-10-20(6-2)24(19)38-26-21(15-22(30)27(33-26)36-12-11-29(31,32)17-36)25(34-28(38)40)37-14-13-35(16-18(37)4)23(39)7-3/h7-10,15,18H,3,5-6,11-14,16-17H2,1-2,4H3/t18-/m0/s1. The normalized spacial score (nSPS) is 18.9. The highest BCUT2D eigenvalue weighted by atomic mass is 35.5. The molecule has 3 aromatic rings. The number of nitrogens with zero attached hydrogens (tertiary/aromatic N) is 6. The number of carbonyl (C=O) groups is 1. The van der Waals surface area contributed by atoms with Crippen LogP contribution >= 0.6 is 11.6 Å². The van der Waals surface area contributed by atoms with Crippen LogP contribution in [0.25, 0.3) is 16.7 Å². The summed E-state index contributed by atoms with van der Waals surface area (Å²) in [5.41, 5.74) is 2.42. The van der Waals surface area contributed by atoms with E-state index in [0.29, 0.717) is 55.0 Å². The third kappa shape index (κ3) is 4.93. The first-order valence-corrected chi connectivity index (χ1v) is 14.0. The molecule has 1 atom stereocenters. The van der Waals surface area contributed by atoms with Crippen LogP contribution in [0.5, 0.6) is 0 Å². The van der Waals surface area contributed by atoms with Gasteiger partial charge in [-0.2, -0.15) is 4.98 Å². The quantitative estimate of drug-likeness (QED) is 0.402. The maximum atomic E-state index is 14.2. The molecule has 4 heterocycles. The van der Waals surface area contributed by atoms with Crippen molar-refractivity contribution < 1.29 is 13.6 Å². The summed E-state index contributed by atoms with van der Waals surface area (Å²) in [5, 5.41) is 0.758. The summed E-state index contributed by atoms with van der Waals surface area (Å²) in [6.45, 7) is 10.5. The molecule has 1 amide bonds. The Bertz CT molecular complexity index is 1520. The number of rotatable bonds is 6. The molecule has 1 aromatic carbocycles. The van der Waals surface area contributed by atoms with Gasteiger partial charge in [-0.3, -0.25) is 4.79 Å². The van der Waals surface area contributed by atoms with Crippen molar-refractivity contribution in [3.63, 3.8) is 0 Å². The van der Waals surface area contributed by atoms with Crippen molar-refractivity contribution >= 4 is 40.2 Å². The van der Waals surface area contributed by atoms with Gasteiger partial charge in [-0.1, -0.05) is 50.2 Å². The lowest BCUT2D eigenvalue weighted by Crippen LogP contribution is -2.54. The Hall–Kier alpha value is -3.53.